The van der Waals surface area contributed by atoms with Gasteiger partial charge in [-0.1, -0.05) is 19.6 Å². The van der Waals surface area contributed by atoms with Crippen molar-refractivity contribution in [3.8, 4) is 17.2 Å². The van der Waals surface area contributed by atoms with Gasteiger partial charge in [0.25, 0.3) is 0 Å². The van der Waals surface area contributed by atoms with E-state index in [1.54, 1.807) is 17.1 Å². The van der Waals surface area contributed by atoms with Gasteiger partial charge in [-0.15, -0.1) is 0 Å². The lowest BCUT2D eigenvalue weighted by Gasteiger charge is -2.47. The minimum atomic E-state index is -3.29. The van der Waals surface area contributed by atoms with Crippen LogP contribution in [0.2, 0.25) is 25.7 Å². The van der Waals surface area contributed by atoms with Crippen LogP contribution in [-0.4, -0.2) is 66.1 Å². The number of sulfonamides is 1. The summed E-state index contributed by atoms with van der Waals surface area (Å²) >= 11 is 0. The Bertz CT molecular complexity index is 1300. The molecule has 0 bridgehead atoms. The Morgan fingerprint density at radius 2 is 2.03 bits per heavy atom. The molecule has 0 N–H and O–H groups in total. The molecule has 1 aliphatic heterocycles. The fourth-order valence-electron chi connectivity index (χ4n) is 4.04. The number of nitriles is 1. The van der Waals surface area contributed by atoms with Crippen molar-refractivity contribution in [3.63, 3.8) is 0 Å². The fraction of sp³-hybridized carbons (Fsp3) is 0.500. The number of hydrogen-bond acceptors (Lipinski definition) is 6. The lowest BCUT2D eigenvalue weighted by atomic mass is 9.89. The molecular weight excluding hydrogens is 456 g/mol. The first-order valence-corrected chi connectivity index (χ1v) is 16.5. The van der Waals surface area contributed by atoms with Crippen LogP contribution in [0.1, 0.15) is 6.42 Å². The van der Waals surface area contributed by atoms with Crippen LogP contribution in [0.25, 0.3) is 22.2 Å². The van der Waals surface area contributed by atoms with Gasteiger partial charge in [-0.3, -0.25) is 4.68 Å². The number of nitrogens with zero attached hydrogens (tertiary/aromatic N) is 6. The highest BCUT2D eigenvalue weighted by Crippen LogP contribution is 2.36. The van der Waals surface area contributed by atoms with Crippen LogP contribution in [0.5, 0.6) is 0 Å². The van der Waals surface area contributed by atoms with Crippen LogP contribution in [0.15, 0.2) is 36.9 Å². The van der Waals surface area contributed by atoms with Crippen molar-refractivity contribution in [1.29, 1.82) is 5.26 Å². The first-order valence-electron chi connectivity index (χ1n) is 10.9. The molecule has 9 nitrogen and oxygen atoms in total. The Labute approximate surface area is 195 Å². The van der Waals surface area contributed by atoms with Gasteiger partial charge in [0.15, 0.2) is 0 Å². The van der Waals surface area contributed by atoms with Gasteiger partial charge in [0.2, 0.25) is 10.0 Å². The quantitative estimate of drug-likeness (QED) is 0.340. The number of aromatic nitrogens is 4. The van der Waals surface area contributed by atoms with Crippen LogP contribution in [0, 0.1) is 11.3 Å². The fourth-order valence-corrected chi connectivity index (χ4v) is 5.74. The van der Waals surface area contributed by atoms with Gasteiger partial charge < -0.3 is 9.30 Å². The monoisotopic (exact) mass is 486 g/mol. The molecule has 3 aromatic heterocycles. The highest BCUT2D eigenvalue weighted by atomic mass is 32.2. The zero-order valence-electron chi connectivity index (χ0n) is 19.5. The minimum Gasteiger partial charge on any atom is -0.361 e. The van der Waals surface area contributed by atoms with Crippen LogP contribution >= 0.6 is 0 Å². The van der Waals surface area contributed by atoms with Gasteiger partial charge in [-0.25, -0.2) is 13.4 Å². The minimum absolute atomic E-state index is 0.192. The highest BCUT2D eigenvalue weighted by molar-refractivity contribution is 7.88. The lowest BCUT2D eigenvalue weighted by Crippen LogP contribution is -2.63. The van der Waals surface area contributed by atoms with Gasteiger partial charge in [0, 0.05) is 57.3 Å². The van der Waals surface area contributed by atoms with Gasteiger partial charge >= 0.3 is 0 Å². The third-order valence-electron chi connectivity index (χ3n) is 6.09. The van der Waals surface area contributed by atoms with Gasteiger partial charge in [-0.05, 0) is 23.7 Å². The van der Waals surface area contributed by atoms with E-state index in [2.05, 4.69) is 35.8 Å². The summed E-state index contributed by atoms with van der Waals surface area (Å²) in [5.41, 5.74) is 2.08. The molecule has 0 spiro atoms. The first kappa shape index (κ1) is 23.6. The van der Waals surface area contributed by atoms with Crippen LogP contribution in [0.3, 0.4) is 0 Å². The van der Waals surface area contributed by atoms with E-state index in [9.17, 15) is 13.7 Å². The third kappa shape index (κ3) is 4.89. The summed E-state index contributed by atoms with van der Waals surface area (Å²) < 4.78 is 34.7. The van der Waals surface area contributed by atoms with E-state index < -0.39 is 23.6 Å². The average Bonchev–Trinajstić information content (AvgIpc) is 3.33. The molecule has 0 unspecified atom stereocenters. The van der Waals surface area contributed by atoms with Gasteiger partial charge in [0.1, 0.15) is 17.9 Å². The SMILES string of the molecule is C[Si](C)(C)CCOCn1ccc2c(-c3cnn(C4(CC#N)CN(S(C)(=O)=O)C4)c3)ccnc21. The maximum atomic E-state index is 11.9. The van der Waals surface area contributed by atoms with Crippen LogP contribution in [-0.2, 0) is 27.0 Å². The average molecular weight is 487 g/mol. The molecule has 1 aliphatic rings. The predicted octanol–water partition coefficient (Wildman–Crippen LogP) is 3.10. The second-order valence-electron chi connectivity index (χ2n) is 9.99. The van der Waals surface area contributed by atoms with Crippen molar-refractivity contribution in [1.82, 2.24) is 23.6 Å². The lowest BCUT2D eigenvalue weighted by molar-refractivity contribution is 0.0724. The topological polar surface area (TPSA) is 106 Å². The molecule has 4 heterocycles. The van der Waals surface area contributed by atoms with Gasteiger partial charge in [-0.2, -0.15) is 14.7 Å². The Balaban J connectivity index is 1.56. The van der Waals surface area contributed by atoms with E-state index in [0.717, 1.165) is 34.8 Å². The highest BCUT2D eigenvalue weighted by Gasteiger charge is 2.49. The molecule has 3 aromatic rings. The maximum absolute atomic E-state index is 11.9. The van der Waals surface area contributed by atoms with E-state index >= 15 is 0 Å². The molecule has 0 aliphatic carbocycles. The van der Waals surface area contributed by atoms with Crippen molar-refractivity contribution >= 4 is 29.1 Å². The molecule has 0 saturated carbocycles. The standard InChI is InChI=1S/C22H30N6O3SSi/c1-32(29,30)27-15-22(16-27,7-8-23)28-14-18(13-25-28)19-5-9-24-21-20(19)6-10-26(21)17-31-11-12-33(2,3)4/h5-6,9-10,13-14H,7,11-12,15-17H2,1-4H3. The summed E-state index contributed by atoms with van der Waals surface area (Å²) in [6.07, 6.45) is 8.79. The van der Waals surface area contributed by atoms with Crippen molar-refractivity contribution in [3.05, 3.63) is 36.9 Å². The normalized spacial score (nSPS) is 16.6. The van der Waals surface area contributed by atoms with Crippen molar-refractivity contribution in [2.45, 2.75) is 44.4 Å². The number of rotatable bonds is 9. The first-order chi connectivity index (χ1) is 15.5. The largest absolute Gasteiger partial charge is 0.361 e. The summed E-state index contributed by atoms with van der Waals surface area (Å²) in [6, 6.07) is 7.28. The Morgan fingerprint density at radius 3 is 2.70 bits per heavy atom. The number of fused-ring (bicyclic) bond motifs is 1. The van der Waals surface area contributed by atoms with Crippen molar-refractivity contribution in [2.75, 3.05) is 26.0 Å². The predicted molar refractivity (Wildman–Crippen MR) is 130 cm³/mol. The Morgan fingerprint density at radius 1 is 1.27 bits per heavy atom. The molecule has 0 aromatic carbocycles. The van der Waals surface area contributed by atoms with E-state index in [4.69, 9.17) is 4.74 Å². The molecule has 4 rings (SSSR count). The summed E-state index contributed by atoms with van der Waals surface area (Å²) in [7, 11) is -4.43. The summed E-state index contributed by atoms with van der Waals surface area (Å²) in [6.45, 7) is 8.69. The molecule has 0 radical (unpaired) electrons. The molecule has 1 saturated heterocycles. The number of ether oxygens (including phenoxy) is 1. The van der Waals surface area contributed by atoms with Crippen LogP contribution in [0.4, 0.5) is 0 Å². The molecule has 176 valence electrons. The smallest absolute Gasteiger partial charge is 0.211 e. The second-order valence-corrected chi connectivity index (χ2v) is 17.6. The third-order valence-corrected chi connectivity index (χ3v) is 8.99. The van der Waals surface area contributed by atoms with Crippen LogP contribution < -0.4 is 0 Å². The summed E-state index contributed by atoms with van der Waals surface area (Å²) in [5, 5.41) is 14.8. The molecule has 0 amide bonds. The van der Waals surface area contributed by atoms with E-state index in [-0.39, 0.29) is 19.5 Å². The van der Waals surface area contributed by atoms with Crippen molar-refractivity contribution in [2.24, 2.45) is 0 Å². The maximum Gasteiger partial charge on any atom is 0.211 e. The van der Waals surface area contributed by atoms with E-state index in [0.29, 0.717) is 6.73 Å². The summed E-state index contributed by atoms with van der Waals surface area (Å²) in [5.74, 6) is 0. The molecule has 33 heavy (non-hydrogen) atoms. The molecule has 1 fully saturated rings. The Kier molecular flexibility index (Phi) is 6.22. The zero-order chi connectivity index (χ0) is 23.9. The number of hydrogen-bond donors (Lipinski definition) is 0. The van der Waals surface area contributed by atoms with E-state index in [1.165, 1.54) is 10.6 Å². The molecule has 0 atom stereocenters. The van der Waals surface area contributed by atoms with Crippen molar-refractivity contribution < 1.29 is 13.2 Å². The van der Waals surface area contributed by atoms with Gasteiger partial charge in [0.05, 0.1) is 24.9 Å². The van der Waals surface area contributed by atoms with E-state index in [1.807, 2.05) is 29.1 Å². The molecule has 11 heteroatoms. The molecular formula is C22H30N6O3SSi. The number of pyridine rings is 1. The zero-order valence-corrected chi connectivity index (χ0v) is 21.3. The Hall–Kier alpha value is -2.52. The summed E-state index contributed by atoms with van der Waals surface area (Å²) in [4.78, 5) is 4.55. The second kappa shape index (κ2) is 8.68.